The molecule has 0 unspecified atom stereocenters. The van der Waals surface area contributed by atoms with Crippen LogP contribution in [-0.2, 0) is 0 Å². The minimum absolute atomic E-state index is 0.294. The molecule has 1 N–H and O–H groups in total. The summed E-state index contributed by atoms with van der Waals surface area (Å²) in [5.41, 5.74) is 2.28. The van der Waals surface area contributed by atoms with Crippen molar-refractivity contribution in [2.45, 2.75) is 19.9 Å². The second-order valence-corrected chi connectivity index (χ2v) is 6.11. The predicted octanol–water partition coefficient (Wildman–Crippen LogP) is 4.83. The molecular formula is C19H16ClFN2O. The Labute approximate surface area is 144 Å². The van der Waals surface area contributed by atoms with Gasteiger partial charge in [-0.15, -0.1) is 0 Å². The van der Waals surface area contributed by atoms with Gasteiger partial charge in [-0.3, -0.25) is 9.78 Å². The fraction of sp³-hybridized carbons (Fsp3) is 0.158. The van der Waals surface area contributed by atoms with Gasteiger partial charge < -0.3 is 5.32 Å². The number of nitrogens with zero attached hydrogens (tertiary/aromatic N) is 1. The minimum atomic E-state index is -0.451. The molecule has 3 nitrogen and oxygen atoms in total. The van der Waals surface area contributed by atoms with Gasteiger partial charge in [-0.2, -0.15) is 0 Å². The molecular weight excluding hydrogens is 327 g/mol. The van der Waals surface area contributed by atoms with Gasteiger partial charge in [0.25, 0.3) is 5.91 Å². The number of benzene rings is 2. The van der Waals surface area contributed by atoms with E-state index in [9.17, 15) is 9.18 Å². The predicted molar refractivity (Wildman–Crippen MR) is 93.8 cm³/mol. The largest absolute Gasteiger partial charge is 0.345 e. The molecule has 1 amide bonds. The van der Waals surface area contributed by atoms with Crippen LogP contribution in [0.3, 0.4) is 0 Å². The topological polar surface area (TPSA) is 42.0 Å². The number of aromatic nitrogens is 1. The first-order chi connectivity index (χ1) is 11.5. The van der Waals surface area contributed by atoms with E-state index < -0.39 is 6.04 Å². The van der Waals surface area contributed by atoms with Crippen LogP contribution in [0.2, 0.25) is 5.02 Å². The van der Waals surface area contributed by atoms with Crippen LogP contribution in [0, 0.1) is 12.7 Å². The molecule has 122 valence electrons. The smallest absolute Gasteiger partial charge is 0.253 e. The number of hydrogen-bond acceptors (Lipinski definition) is 2. The third kappa shape index (κ3) is 3.24. The molecule has 0 radical (unpaired) electrons. The summed E-state index contributed by atoms with van der Waals surface area (Å²) in [6.45, 7) is 3.52. The van der Waals surface area contributed by atoms with Crippen molar-refractivity contribution in [3.05, 3.63) is 76.2 Å². The van der Waals surface area contributed by atoms with Gasteiger partial charge >= 0.3 is 0 Å². The third-order valence-electron chi connectivity index (χ3n) is 3.93. The third-order valence-corrected chi connectivity index (χ3v) is 4.17. The average molecular weight is 343 g/mol. The maximum atomic E-state index is 13.8. The lowest BCUT2D eigenvalue weighted by atomic mass is 10.1. The fourth-order valence-corrected chi connectivity index (χ4v) is 2.83. The van der Waals surface area contributed by atoms with Gasteiger partial charge in [0.1, 0.15) is 5.82 Å². The van der Waals surface area contributed by atoms with Gasteiger partial charge in [-0.05, 0) is 44.2 Å². The highest BCUT2D eigenvalue weighted by Gasteiger charge is 2.17. The molecule has 1 aromatic heterocycles. The number of hydrogen-bond donors (Lipinski definition) is 1. The van der Waals surface area contributed by atoms with E-state index in [0.717, 1.165) is 10.9 Å². The zero-order chi connectivity index (χ0) is 17.3. The molecule has 5 heteroatoms. The molecule has 0 aliphatic rings. The first-order valence-electron chi connectivity index (χ1n) is 7.58. The van der Waals surface area contributed by atoms with E-state index in [-0.39, 0.29) is 11.7 Å². The molecule has 0 bridgehead atoms. The Kier molecular flexibility index (Phi) is 4.49. The quantitative estimate of drug-likeness (QED) is 0.741. The number of aryl methyl sites for hydroxylation is 1. The van der Waals surface area contributed by atoms with Gasteiger partial charge in [0.15, 0.2) is 0 Å². The molecule has 0 saturated carbocycles. The van der Waals surface area contributed by atoms with Gasteiger partial charge in [0.05, 0.1) is 22.8 Å². The normalized spacial score (nSPS) is 12.2. The molecule has 2 aromatic carbocycles. The summed E-state index contributed by atoms with van der Waals surface area (Å²) in [5, 5.41) is 4.19. The van der Waals surface area contributed by atoms with Crippen LogP contribution >= 0.6 is 11.6 Å². The average Bonchev–Trinajstić information content (AvgIpc) is 2.54. The van der Waals surface area contributed by atoms with Crippen molar-refractivity contribution < 1.29 is 9.18 Å². The van der Waals surface area contributed by atoms with E-state index in [1.54, 1.807) is 50.2 Å². The van der Waals surface area contributed by atoms with Crippen LogP contribution in [0.15, 0.2) is 48.5 Å². The Morgan fingerprint density at radius 2 is 1.96 bits per heavy atom. The van der Waals surface area contributed by atoms with E-state index in [0.29, 0.717) is 21.8 Å². The highest BCUT2D eigenvalue weighted by atomic mass is 35.5. The highest BCUT2D eigenvalue weighted by Crippen LogP contribution is 2.22. The molecule has 24 heavy (non-hydrogen) atoms. The summed E-state index contributed by atoms with van der Waals surface area (Å²) in [5.74, 6) is -0.636. The van der Waals surface area contributed by atoms with Crippen LogP contribution in [0.5, 0.6) is 0 Å². The number of halogens is 2. The van der Waals surface area contributed by atoms with Crippen LogP contribution in [0.4, 0.5) is 4.39 Å². The summed E-state index contributed by atoms with van der Waals surface area (Å²) in [7, 11) is 0. The van der Waals surface area contributed by atoms with Crippen LogP contribution in [-0.4, -0.2) is 10.9 Å². The monoisotopic (exact) mass is 342 g/mol. The van der Waals surface area contributed by atoms with Gasteiger partial charge in [-0.1, -0.05) is 29.8 Å². The lowest BCUT2D eigenvalue weighted by Crippen LogP contribution is -2.28. The maximum absolute atomic E-state index is 13.8. The van der Waals surface area contributed by atoms with Gasteiger partial charge in [0.2, 0.25) is 0 Å². The van der Waals surface area contributed by atoms with Gasteiger partial charge in [-0.25, -0.2) is 4.39 Å². The lowest BCUT2D eigenvalue weighted by Gasteiger charge is -2.16. The Morgan fingerprint density at radius 1 is 1.21 bits per heavy atom. The van der Waals surface area contributed by atoms with E-state index in [1.165, 1.54) is 6.07 Å². The zero-order valence-corrected chi connectivity index (χ0v) is 14.1. The number of rotatable bonds is 3. The molecule has 0 saturated heterocycles. The van der Waals surface area contributed by atoms with Crippen molar-refractivity contribution >= 4 is 28.4 Å². The van der Waals surface area contributed by atoms with Crippen LogP contribution in [0.25, 0.3) is 10.9 Å². The zero-order valence-electron chi connectivity index (χ0n) is 13.3. The summed E-state index contributed by atoms with van der Waals surface area (Å²) < 4.78 is 13.8. The van der Waals surface area contributed by atoms with Crippen molar-refractivity contribution in [2.24, 2.45) is 0 Å². The standard InChI is InChI=1S/C19H16ClFN2O/c1-11(15-5-3-4-6-17(15)21)23-19(24)16-10-13-9-14(20)7-8-18(13)22-12(16)2/h3-11H,1-2H3,(H,23,24)/t11-/m1/s1. The molecule has 3 aromatic rings. The second kappa shape index (κ2) is 6.57. The van der Waals surface area contributed by atoms with E-state index >= 15 is 0 Å². The number of carbonyl (C=O) groups is 1. The number of pyridine rings is 1. The summed E-state index contributed by atoms with van der Waals surface area (Å²) in [6, 6.07) is 13.0. The summed E-state index contributed by atoms with van der Waals surface area (Å²) in [6.07, 6.45) is 0. The molecule has 0 aliphatic heterocycles. The molecule has 3 rings (SSSR count). The van der Waals surface area contributed by atoms with Crippen LogP contribution < -0.4 is 5.32 Å². The van der Waals surface area contributed by atoms with Crippen molar-refractivity contribution in [2.75, 3.05) is 0 Å². The van der Waals surface area contributed by atoms with Crippen molar-refractivity contribution in [1.82, 2.24) is 10.3 Å². The molecule has 0 spiro atoms. The number of nitrogens with one attached hydrogen (secondary N) is 1. The van der Waals surface area contributed by atoms with Gasteiger partial charge in [0, 0.05) is 16.0 Å². The first-order valence-corrected chi connectivity index (χ1v) is 7.95. The van der Waals surface area contributed by atoms with E-state index in [1.807, 2.05) is 6.07 Å². The number of amides is 1. The maximum Gasteiger partial charge on any atom is 0.253 e. The summed E-state index contributed by atoms with van der Waals surface area (Å²) >= 11 is 6.00. The van der Waals surface area contributed by atoms with Crippen molar-refractivity contribution in [3.8, 4) is 0 Å². The first kappa shape index (κ1) is 16.4. The fourth-order valence-electron chi connectivity index (χ4n) is 2.65. The Hall–Kier alpha value is -2.46. The Balaban J connectivity index is 1.91. The Morgan fingerprint density at radius 3 is 2.71 bits per heavy atom. The van der Waals surface area contributed by atoms with Crippen LogP contribution in [0.1, 0.15) is 34.6 Å². The van der Waals surface area contributed by atoms with E-state index in [2.05, 4.69) is 10.3 Å². The summed E-state index contributed by atoms with van der Waals surface area (Å²) in [4.78, 5) is 17.0. The number of fused-ring (bicyclic) bond motifs is 1. The molecule has 1 atom stereocenters. The number of carbonyl (C=O) groups excluding carboxylic acids is 1. The van der Waals surface area contributed by atoms with Crippen molar-refractivity contribution in [3.63, 3.8) is 0 Å². The lowest BCUT2D eigenvalue weighted by molar-refractivity contribution is 0.0938. The Bertz CT molecular complexity index is 926. The molecule has 0 fully saturated rings. The highest BCUT2D eigenvalue weighted by molar-refractivity contribution is 6.31. The van der Waals surface area contributed by atoms with Crippen molar-refractivity contribution in [1.29, 1.82) is 0 Å². The SMILES string of the molecule is Cc1nc2ccc(Cl)cc2cc1C(=O)N[C@H](C)c1ccccc1F. The van der Waals surface area contributed by atoms with E-state index in [4.69, 9.17) is 11.6 Å². The molecule has 1 heterocycles. The minimum Gasteiger partial charge on any atom is -0.345 e. The second-order valence-electron chi connectivity index (χ2n) is 5.68. The molecule has 0 aliphatic carbocycles.